The van der Waals surface area contributed by atoms with Gasteiger partial charge in [-0.25, -0.2) is 4.79 Å². The molecule has 1 amide bonds. The average Bonchev–Trinajstić information content (AvgIpc) is 3.10. The van der Waals surface area contributed by atoms with Gasteiger partial charge in [0.05, 0.1) is 12.7 Å². The molecule has 2 rings (SSSR count). The van der Waals surface area contributed by atoms with Gasteiger partial charge in [0, 0.05) is 12.6 Å². The molecule has 1 aliphatic rings. The maximum absolute atomic E-state index is 12.1. The van der Waals surface area contributed by atoms with Crippen LogP contribution in [0.1, 0.15) is 77.4 Å². The fourth-order valence-electron chi connectivity index (χ4n) is 3.18. The summed E-state index contributed by atoms with van der Waals surface area (Å²) in [6.07, 6.45) is 10.9. The van der Waals surface area contributed by atoms with Gasteiger partial charge in [0.1, 0.15) is 12.0 Å². The number of anilines is 1. The van der Waals surface area contributed by atoms with Crippen molar-refractivity contribution in [2.75, 3.05) is 11.9 Å². The summed E-state index contributed by atoms with van der Waals surface area (Å²) in [6.45, 7) is 2.15. The lowest BCUT2D eigenvalue weighted by Gasteiger charge is -2.15. The lowest BCUT2D eigenvalue weighted by molar-refractivity contribution is -0.116. The Morgan fingerprint density at radius 1 is 1.27 bits per heavy atom. The highest BCUT2D eigenvalue weighted by Gasteiger charge is 2.26. The number of amides is 1. The minimum Gasteiger partial charge on any atom is -0.394 e. The monoisotopic (exact) mass is 365 g/mol. The zero-order valence-corrected chi connectivity index (χ0v) is 15.7. The van der Waals surface area contributed by atoms with E-state index in [1.165, 1.54) is 30.3 Å². The number of nitrogens with zero attached hydrogens (tertiary/aromatic N) is 2. The summed E-state index contributed by atoms with van der Waals surface area (Å²) in [5, 5.41) is 11.8. The smallest absolute Gasteiger partial charge is 0.351 e. The van der Waals surface area contributed by atoms with Gasteiger partial charge >= 0.3 is 5.69 Å². The van der Waals surface area contributed by atoms with Crippen LogP contribution in [0.15, 0.2) is 17.1 Å². The highest BCUT2D eigenvalue weighted by Crippen LogP contribution is 2.26. The van der Waals surface area contributed by atoms with Crippen molar-refractivity contribution in [3.05, 3.63) is 22.7 Å². The molecule has 1 fully saturated rings. The van der Waals surface area contributed by atoms with Gasteiger partial charge < -0.3 is 15.2 Å². The lowest BCUT2D eigenvalue weighted by atomic mass is 10.1. The van der Waals surface area contributed by atoms with E-state index in [0.717, 1.165) is 19.3 Å². The highest BCUT2D eigenvalue weighted by molar-refractivity contribution is 5.89. The van der Waals surface area contributed by atoms with E-state index in [9.17, 15) is 9.59 Å². The van der Waals surface area contributed by atoms with Gasteiger partial charge in [-0.2, -0.15) is 4.98 Å². The average molecular weight is 365 g/mol. The Labute approximate surface area is 154 Å². The van der Waals surface area contributed by atoms with E-state index in [-0.39, 0.29) is 24.4 Å². The molecule has 1 aliphatic heterocycles. The molecule has 2 N–H and O–H groups in total. The van der Waals surface area contributed by atoms with E-state index < -0.39 is 11.9 Å². The normalized spacial score (nSPS) is 19.6. The number of ether oxygens (including phenoxy) is 1. The fraction of sp³-hybridized carbons (Fsp3) is 0.737. The maximum Gasteiger partial charge on any atom is 0.351 e. The van der Waals surface area contributed by atoms with Gasteiger partial charge in [-0.1, -0.05) is 45.4 Å². The fourth-order valence-corrected chi connectivity index (χ4v) is 3.18. The number of carbonyl (C=O) groups excluding carboxylic acids is 1. The first-order chi connectivity index (χ1) is 12.6. The molecule has 146 valence electrons. The minimum atomic E-state index is -0.456. The second-order valence-corrected chi connectivity index (χ2v) is 6.89. The number of aliphatic hydroxyl groups excluding tert-OH is 1. The zero-order valence-electron chi connectivity index (χ0n) is 15.7. The summed E-state index contributed by atoms with van der Waals surface area (Å²) in [5.74, 6) is 0.163. The topological polar surface area (TPSA) is 93.5 Å². The van der Waals surface area contributed by atoms with Gasteiger partial charge in [0.15, 0.2) is 0 Å². The third-order valence-electron chi connectivity index (χ3n) is 4.70. The Morgan fingerprint density at radius 3 is 2.65 bits per heavy atom. The molecule has 1 saturated heterocycles. The number of carbonyl (C=O) groups is 1. The van der Waals surface area contributed by atoms with Crippen molar-refractivity contribution < 1.29 is 14.6 Å². The van der Waals surface area contributed by atoms with Crippen molar-refractivity contribution in [2.45, 2.75) is 83.5 Å². The maximum atomic E-state index is 12.1. The predicted molar refractivity (Wildman–Crippen MR) is 100.0 cm³/mol. The van der Waals surface area contributed by atoms with Crippen LogP contribution in [-0.2, 0) is 9.53 Å². The second kappa shape index (κ2) is 11.1. The Bertz CT molecular complexity index is 617. The SMILES string of the molecule is CCCCCCCCCC(=O)Nc1ccn([C@H]2CC[C@@H](CO)O2)c(=O)n1. The van der Waals surface area contributed by atoms with Crippen LogP contribution < -0.4 is 11.0 Å². The molecule has 0 aromatic carbocycles. The van der Waals surface area contributed by atoms with Gasteiger partial charge in [0.25, 0.3) is 0 Å². The summed E-state index contributed by atoms with van der Waals surface area (Å²) in [7, 11) is 0. The van der Waals surface area contributed by atoms with E-state index in [2.05, 4.69) is 17.2 Å². The Hall–Kier alpha value is -1.73. The molecule has 1 aromatic rings. The van der Waals surface area contributed by atoms with Crippen LogP contribution in [0.4, 0.5) is 5.82 Å². The van der Waals surface area contributed by atoms with Crippen LogP contribution in [-0.4, -0.2) is 33.3 Å². The van der Waals surface area contributed by atoms with Crippen molar-refractivity contribution >= 4 is 11.7 Å². The van der Waals surface area contributed by atoms with E-state index in [0.29, 0.717) is 19.3 Å². The van der Waals surface area contributed by atoms with Crippen molar-refractivity contribution in [3.8, 4) is 0 Å². The summed E-state index contributed by atoms with van der Waals surface area (Å²) >= 11 is 0. The molecule has 0 unspecified atom stereocenters. The highest BCUT2D eigenvalue weighted by atomic mass is 16.5. The molecule has 1 aromatic heterocycles. The van der Waals surface area contributed by atoms with E-state index in [1.807, 2.05) is 0 Å². The van der Waals surface area contributed by atoms with Crippen molar-refractivity contribution in [1.29, 1.82) is 0 Å². The molecule has 2 atom stereocenters. The first-order valence-corrected chi connectivity index (χ1v) is 9.79. The standard InChI is InChI=1S/C19H31N3O4/c1-2-3-4-5-6-7-8-9-17(24)20-16-12-13-22(19(25)21-16)18-11-10-15(14-23)26-18/h12-13,15,18,23H,2-11,14H2,1H3,(H,20,21,24,25)/t15-,18+/m0/s1. The van der Waals surface area contributed by atoms with Crippen LogP contribution in [0.2, 0.25) is 0 Å². The van der Waals surface area contributed by atoms with Crippen LogP contribution in [0.25, 0.3) is 0 Å². The van der Waals surface area contributed by atoms with Crippen molar-refractivity contribution in [1.82, 2.24) is 9.55 Å². The molecular weight excluding hydrogens is 334 g/mol. The largest absolute Gasteiger partial charge is 0.394 e. The van der Waals surface area contributed by atoms with Crippen molar-refractivity contribution in [3.63, 3.8) is 0 Å². The van der Waals surface area contributed by atoms with E-state index in [1.54, 1.807) is 12.3 Å². The lowest BCUT2D eigenvalue weighted by Crippen LogP contribution is -2.28. The number of aliphatic hydroxyl groups is 1. The number of unbranched alkanes of at least 4 members (excludes halogenated alkanes) is 6. The first-order valence-electron chi connectivity index (χ1n) is 9.79. The molecule has 2 heterocycles. The molecule has 0 spiro atoms. The molecule has 0 aliphatic carbocycles. The Kier molecular flexibility index (Phi) is 8.77. The van der Waals surface area contributed by atoms with Crippen LogP contribution in [0.3, 0.4) is 0 Å². The second-order valence-electron chi connectivity index (χ2n) is 6.89. The number of hydrogen-bond donors (Lipinski definition) is 2. The number of rotatable bonds is 11. The molecule has 0 saturated carbocycles. The first kappa shape index (κ1) is 20.6. The summed E-state index contributed by atoms with van der Waals surface area (Å²) in [6, 6.07) is 1.61. The quantitative estimate of drug-likeness (QED) is 0.588. The van der Waals surface area contributed by atoms with Gasteiger partial charge in [-0.3, -0.25) is 9.36 Å². The number of nitrogens with one attached hydrogen (secondary N) is 1. The molecule has 26 heavy (non-hydrogen) atoms. The van der Waals surface area contributed by atoms with E-state index in [4.69, 9.17) is 9.84 Å². The Balaban J connectivity index is 1.73. The van der Waals surface area contributed by atoms with Crippen LogP contribution in [0, 0.1) is 0 Å². The molecule has 7 heteroatoms. The van der Waals surface area contributed by atoms with Gasteiger partial charge in [-0.05, 0) is 25.3 Å². The number of aromatic nitrogens is 2. The summed E-state index contributed by atoms with van der Waals surface area (Å²) < 4.78 is 6.99. The predicted octanol–water partition coefficient (Wildman–Crippen LogP) is 2.99. The number of hydrogen-bond acceptors (Lipinski definition) is 5. The van der Waals surface area contributed by atoms with Crippen molar-refractivity contribution in [2.24, 2.45) is 0 Å². The Morgan fingerprint density at radius 2 is 2.00 bits per heavy atom. The summed E-state index contributed by atoms with van der Waals surface area (Å²) in [5.41, 5.74) is -0.456. The van der Waals surface area contributed by atoms with E-state index >= 15 is 0 Å². The minimum absolute atomic E-state index is 0.0502. The van der Waals surface area contributed by atoms with Crippen LogP contribution in [0.5, 0.6) is 0 Å². The molecule has 7 nitrogen and oxygen atoms in total. The third-order valence-corrected chi connectivity index (χ3v) is 4.70. The third kappa shape index (κ3) is 6.53. The zero-order chi connectivity index (χ0) is 18.8. The summed E-state index contributed by atoms with van der Waals surface area (Å²) in [4.78, 5) is 28.0. The molecule has 0 radical (unpaired) electrons. The van der Waals surface area contributed by atoms with Crippen LogP contribution >= 0.6 is 0 Å². The molecular formula is C19H31N3O4. The van der Waals surface area contributed by atoms with Gasteiger partial charge in [0.2, 0.25) is 5.91 Å². The molecule has 0 bridgehead atoms. The van der Waals surface area contributed by atoms with Gasteiger partial charge in [-0.15, -0.1) is 0 Å².